The fourth-order valence-electron chi connectivity index (χ4n) is 0.850. The Hall–Kier alpha value is -0.430. The molecule has 0 saturated carbocycles. The topological polar surface area (TPSA) is 37.8 Å². The highest BCUT2D eigenvalue weighted by atomic mass is 127. The minimum absolute atomic E-state index is 0.902. The van der Waals surface area contributed by atoms with Gasteiger partial charge in [-0.3, -0.25) is 0 Å². The minimum Gasteiger partial charge on any atom is -0.312 e. The number of rotatable bonds is 1. The summed E-state index contributed by atoms with van der Waals surface area (Å²) in [5, 5.41) is 1.09. The molecule has 5 heteroatoms. The van der Waals surface area contributed by atoms with Crippen LogP contribution in [0, 0.1) is 0 Å². The second-order valence-electron chi connectivity index (χ2n) is 1.98. The minimum atomic E-state index is 0.902. The molecule has 0 fully saturated rings. The molecular formula is C6H4IN3S. The molecule has 0 aliphatic carbocycles. The lowest BCUT2D eigenvalue weighted by Crippen LogP contribution is -1.77. The largest absolute Gasteiger partial charge is 0.312 e. The third-order valence-corrected chi connectivity index (χ3v) is 2.62. The molecule has 0 aliphatic heterocycles. The molecule has 0 bridgehead atoms. The average molecular weight is 277 g/mol. The van der Waals surface area contributed by atoms with Crippen molar-refractivity contribution in [1.82, 2.24) is 9.36 Å². The van der Waals surface area contributed by atoms with Gasteiger partial charge >= 0.3 is 0 Å². The molecule has 0 aliphatic rings. The fourth-order valence-corrected chi connectivity index (χ4v) is 2.12. The summed E-state index contributed by atoms with van der Waals surface area (Å²) in [5.41, 5.74) is 0. The van der Waals surface area contributed by atoms with Crippen LogP contribution in [0.3, 0.4) is 0 Å². The van der Waals surface area contributed by atoms with Crippen molar-refractivity contribution in [3.05, 3.63) is 18.3 Å². The van der Waals surface area contributed by atoms with Gasteiger partial charge in [0.15, 0.2) is 5.82 Å². The maximum Gasteiger partial charge on any atom is 0.157 e. The second-order valence-corrected chi connectivity index (χ2v) is 3.27. The number of nitrogens with one attached hydrogen (secondary N) is 1. The normalized spacial score (nSPS) is 10.3. The standard InChI is InChI=1S/C6H4IN3S/c7-9-5-4-2-1-3-8-6(4)11-10-5/h1-3H,(H,9,10). The van der Waals surface area contributed by atoms with Gasteiger partial charge in [-0.05, 0) is 23.7 Å². The van der Waals surface area contributed by atoms with Crippen molar-refractivity contribution in [3.63, 3.8) is 0 Å². The third kappa shape index (κ3) is 1.18. The predicted molar refractivity (Wildman–Crippen MR) is 55.1 cm³/mol. The Kier molecular flexibility index (Phi) is 1.91. The summed E-state index contributed by atoms with van der Waals surface area (Å²) < 4.78 is 7.15. The number of fused-ring (bicyclic) bond motifs is 1. The molecule has 2 rings (SSSR count). The Labute approximate surface area is 81.5 Å². The highest BCUT2D eigenvalue weighted by Gasteiger charge is 2.02. The van der Waals surface area contributed by atoms with Crippen molar-refractivity contribution in [2.45, 2.75) is 0 Å². The van der Waals surface area contributed by atoms with Crippen molar-refractivity contribution >= 4 is 50.4 Å². The molecule has 0 spiro atoms. The summed E-state index contributed by atoms with van der Waals surface area (Å²) in [6, 6.07) is 3.92. The smallest absolute Gasteiger partial charge is 0.157 e. The molecule has 1 N–H and O–H groups in total. The Morgan fingerprint density at radius 1 is 1.55 bits per heavy atom. The number of aromatic nitrogens is 2. The highest BCUT2D eigenvalue weighted by Crippen LogP contribution is 2.24. The van der Waals surface area contributed by atoms with Crippen LogP contribution in [0.5, 0.6) is 0 Å². The molecule has 0 unspecified atom stereocenters. The van der Waals surface area contributed by atoms with Crippen LogP contribution in [-0.4, -0.2) is 9.36 Å². The van der Waals surface area contributed by atoms with Crippen molar-refractivity contribution in [2.24, 2.45) is 0 Å². The van der Waals surface area contributed by atoms with Crippen molar-refractivity contribution in [2.75, 3.05) is 3.53 Å². The van der Waals surface area contributed by atoms with Gasteiger partial charge < -0.3 is 3.53 Å². The van der Waals surface area contributed by atoms with Gasteiger partial charge in [0.25, 0.3) is 0 Å². The maximum atomic E-state index is 4.17. The predicted octanol–water partition coefficient (Wildman–Crippen LogP) is 2.45. The molecular weight excluding hydrogens is 273 g/mol. The zero-order valence-corrected chi connectivity index (χ0v) is 8.39. The summed E-state index contributed by atoms with van der Waals surface area (Å²) >= 11 is 3.47. The Balaban J connectivity index is 2.76. The summed E-state index contributed by atoms with van der Waals surface area (Å²) in [7, 11) is 0. The van der Waals surface area contributed by atoms with Gasteiger partial charge in [-0.15, -0.1) is 0 Å². The van der Waals surface area contributed by atoms with E-state index in [1.54, 1.807) is 6.20 Å². The molecule has 2 heterocycles. The van der Waals surface area contributed by atoms with Crippen LogP contribution in [0.2, 0.25) is 0 Å². The Bertz CT molecular complexity index is 373. The highest BCUT2D eigenvalue weighted by molar-refractivity contribution is 14.1. The van der Waals surface area contributed by atoms with E-state index in [4.69, 9.17) is 0 Å². The maximum absolute atomic E-state index is 4.17. The van der Waals surface area contributed by atoms with Crippen LogP contribution in [-0.2, 0) is 0 Å². The van der Waals surface area contributed by atoms with Crippen LogP contribution in [0.15, 0.2) is 18.3 Å². The molecule has 0 saturated heterocycles. The summed E-state index contributed by atoms with van der Waals surface area (Å²) in [6.45, 7) is 0. The number of hydrogen-bond donors (Lipinski definition) is 1. The summed E-state index contributed by atoms with van der Waals surface area (Å²) in [5.74, 6) is 0.902. The van der Waals surface area contributed by atoms with E-state index in [9.17, 15) is 0 Å². The van der Waals surface area contributed by atoms with Crippen LogP contribution in [0.1, 0.15) is 0 Å². The first-order valence-corrected chi connectivity index (χ1v) is 4.84. The summed E-state index contributed by atoms with van der Waals surface area (Å²) in [6.07, 6.45) is 1.78. The fraction of sp³-hybridized carbons (Fsp3) is 0. The number of halogens is 1. The van der Waals surface area contributed by atoms with Gasteiger partial charge in [0.05, 0.1) is 28.3 Å². The van der Waals surface area contributed by atoms with Gasteiger partial charge in [-0.25, -0.2) is 4.98 Å². The van der Waals surface area contributed by atoms with E-state index in [2.05, 4.69) is 35.8 Å². The van der Waals surface area contributed by atoms with E-state index in [0.29, 0.717) is 0 Å². The molecule has 0 amide bonds. The molecule has 56 valence electrons. The number of anilines is 1. The quantitative estimate of drug-likeness (QED) is 0.642. The zero-order valence-electron chi connectivity index (χ0n) is 5.41. The van der Waals surface area contributed by atoms with Crippen LogP contribution < -0.4 is 3.53 Å². The van der Waals surface area contributed by atoms with Gasteiger partial charge in [-0.2, -0.15) is 4.37 Å². The lowest BCUT2D eigenvalue weighted by Gasteiger charge is -1.89. The lowest BCUT2D eigenvalue weighted by atomic mass is 10.3. The molecule has 2 aromatic heterocycles. The van der Waals surface area contributed by atoms with Crippen LogP contribution >= 0.6 is 34.4 Å². The van der Waals surface area contributed by atoms with Gasteiger partial charge in [0.1, 0.15) is 4.83 Å². The van der Waals surface area contributed by atoms with E-state index in [-0.39, 0.29) is 0 Å². The molecule has 11 heavy (non-hydrogen) atoms. The molecule has 0 atom stereocenters. The third-order valence-electron chi connectivity index (χ3n) is 1.34. The lowest BCUT2D eigenvalue weighted by molar-refractivity contribution is 1.45. The first kappa shape index (κ1) is 7.23. The zero-order chi connectivity index (χ0) is 7.68. The van der Waals surface area contributed by atoms with Crippen molar-refractivity contribution < 1.29 is 0 Å². The second kappa shape index (κ2) is 2.90. The van der Waals surface area contributed by atoms with Gasteiger partial charge in [0.2, 0.25) is 0 Å². The van der Waals surface area contributed by atoms with E-state index < -0.39 is 0 Å². The van der Waals surface area contributed by atoms with Crippen LogP contribution in [0.4, 0.5) is 5.82 Å². The number of nitrogens with zero attached hydrogens (tertiary/aromatic N) is 2. The van der Waals surface area contributed by atoms with Crippen LogP contribution in [0.25, 0.3) is 10.2 Å². The summed E-state index contributed by atoms with van der Waals surface area (Å²) in [4.78, 5) is 5.14. The Morgan fingerprint density at radius 2 is 2.45 bits per heavy atom. The van der Waals surface area contributed by atoms with Crippen molar-refractivity contribution in [3.8, 4) is 0 Å². The average Bonchev–Trinajstić information content (AvgIpc) is 2.47. The van der Waals surface area contributed by atoms with E-state index >= 15 is 0 Å². The Morgan fingerprint density at radius 3 is 3.27 bits per heavy atom. The molecule has 0 radical (unpaired) electrons. The van der Waals surface area contributed by atoms with E-state index in [1.165, 1.54) is 11.5 Å². The van der Waals surface area contributed by atoms with Gasteiger partial charge in [-0.1, -0.05) is 0 Å². The van der Waals surface area contributed by atoms with E-state index in [0.717, 1.165) is 16.0 Å². The number of pyridine rings is 1. The van der Waals surface area contributed by atoms with Gasteiger partial charge in [0, 0.05) is 6.20 Å². The first-order valence-electron chi connectivity index (χ1n) is 2.99. The molecule has 2 aromatic rings. The molecule has 0 aromatic carbocycles. The SMILES string of the molecule is INc1nsc2ncccc12. The van der Waals surface area contributed by atoms with E-state index in [1.807, 2.05) is 12.1 Å². The monoisotopic (exact) mass is 277 g/mol. The number of hydrogen-bond acceptors (Lipinski definition) is 4. The van der Waals surface area contributed by atoms with Crippen molar-refractivity contribution in [1.29, 1.82) is 0 Å². The first-order chi connectivity index (χ1) is 5.42. The molecule has 3 nitrogen and oxygen atoms in total.